The van der Waals surface area contributed by atoms with E-state index in [0.29, 0.717) is 6.54 Å². The first kappa shape index (κ1) is 14.5. The number of carbonyl (C=O) groups is 1. The molecule has 2 heterocycles. The first-order chi connectivity index (χ1) is 10.2. The maximum atomic E-state index is 12.3. The highest BCUT2D eigenvalue weighted by Crippen LogP contribution is 2.26. The van der Waals surface area contributed by atoms with Gasteiger partial charge in [-0.25, -0.2) is 0 Å². The molecule has 1 aromatic carbocycles. The van der Waals surface area contributed by atoms with Crippen LogP contribution in [0.4, 0.5) is 5.69 Å². The van der Waals surface area contributed by atoms with Crippen molar-refractivity contribution < 1.29 is 4.79 Å². The maximum absolute atomic E-state index is 12.3. The molecular formula is C17H25N3O. The minimum atomic E-state index is 0.118. The Kier molecular flexibility index (Phi) is 4.27. The van der Waals surface area contributed by atoms with Gasteiger partial charge in [0.1, 0.15) is 0 Å². The number of benzene rings is 1. The van der Waals surface area contributed by atoms with Crippen molar-refractivity contribution in [3.8, 4) is 0 Å². The average Bonchev–Trinajstić information content (AvgIpc) is 3.02. The normalized spacial score (nSPS) is 25.0. The van der Waals surface area contributed by atoms with Crippen molar-refractivity contribution in [2.24, 2.45) is 11.8 Å². The van der Waals surface area contributed by atoms with Crippen molar-refractivity contribution in [1.29, 1.82) is 0 Å². The molecule has 2 saturated heterocycles. The van der Waals surface area contributed by atoms with Crippen LogP contribution in [0.1, 0.15) is 18.1 Å². The van der Waals surface area contributed by atoms with E-state index in [1.54, 1.807) is 0 Å². The van der Waals surface area contributed by atoms with Crippen LogP contribution in [-0.2, 0) is 11.2 Å². The molecule has 0 bridgehead atoms. The summed E-state index contributed by atoms with van der Waals surface area (Å²) >= 11 is 0. The second-order valence-corrected chi connectivity index (χ2v) is 6.38. The number of hydrogen-bond acceptors (Lipinski definition) is 3. The van der Waals surface area contributed by atoms with Crippen molar-refractivity contribution in [3.63, 3.8) is 0 Å². The van der Waals surface area contributed by atoms with Gasteiger partial charge in [0.05, 0.1) is 6.54 Å². The maximum Gasteiger partial charge on any atom is 0.238 e. The Morgan fingerprint density at radius 1 is 1.33 bits per heavy atom. The number of hydrogen-bond donors (Lipinski definition) is 2. The number of nitrogens with zero attached hydrogens (tertiary/aromatic N) is 1. The molecule has 21 heavy (non-hydrogen) atoms. The Hall–Kier alpha value is -1.39. The summed E-state index contributed by atoms with van der Waals surface area (Å²) < 4.78 is 0. The highest BCUT2D eigenvalue weighted by Gasteiger charge is 2.36. The number of anilines is 1. The van der Waals surface area contributed by atoms with Gasteiger partial charge in [-0.05, 0) is 49.4 Å². The van der Waals surface area contributed by atoms with Crippen molar-refractivity contribution in [3.05, 3.63) is 29.3 Å². The fourth-order valence-corrected chi connectivity index (χ4v) is 3.67. The van der Waals surface area contributed by atoms with E-state index in [2.05, 4.69) is 47.6 Å². The molecule has 2 N–H and O–H groups in total. The van der Waals surface area contributed by atoms with Crippen molar-refractivity contribution in [1.82, 2.24) is 10.2 Å². The minimum absolute atomic E-state index is 0.118. The van der Waals surface area contributed by atoms with Crippen LogP contribution in [0.15, 0.2) is 18.2 Å². The Bertz CT molecular complexity index is 517. The van der Waals surface area contributed by atoms with Crippen molar-refractivity contribution >= 4 is 11.6 Å². The van der Waals surface area contributed by atoms with Crippen LogP contribution in [0.5, 0.6) is 0 Å². The van der Waals surface area contributed by atoms with Crippen LogP contribution in [-0.4, -0.2) is 43.5 Å². The standard InChI is InChI=1S/C17H25N3O/c1-3-13-6-4-5-12(2)17(13)19-16(21)11-20-9-14-7-18-8-15(14)10-20/h4-6,14-15,18H,3,7-11H2,1-2H3,(H,19,21)/t14-,15+. The van der Waals surface area contributed by atoms with Crippen LogP contribution in [0, 0.1) is 18.8 Å². The van der Waals surface area contributed by atoms with Gasteiger partial charge >= 0.3 is 0 Å². The summed E-state index contributed by atoms with van der Waals surface area (Å²) in [5, 5.41) is 6.56. The number of aryl methyl sites for hydroxylation is 2. The fraction of sp³-hybridized carbons (Fsp3) is 0.588. The molecule has 2 aliphatic rings. The molecule has 0 radical (unpaired) electrons. The van der Waals surface area contributed by atoms with E-state index in [-0.39, 0.29) is 5.91 Å². The van der Waals surface area contributed by atoms with Gasteiger partial charge in [0, 0.05) is 18.8 Å². The third-order valence-electron chi connectivity index (χ3n) is 4.84. The summed E-state index contributed by atoms with van der Waals surface area (Å²) in [5.41, 5.74) is 3.36. The Labute approximate surface area is 126 Å². The molecule has 0 aromatic heterocycles. The minimum Gasteiger partial charge on any atom is -0.324 e. The van der Waals surface area contributed by atoms with Gasteiger partial charge in [0.25, 0.3) is 0 Å². The van der Waals surface area contributed by atoms with Crippen molar-refractivity contribution in [2.75, 3.05) is 38.0 Å². The lowest BCUT2D eigenvalue weighted by molar-refractivity contribution is -0.117. The predicted molar refractivity (Wildman–Crippen MR) is 85.5 cm³/mol. The Morgan fingerprint density at radius 2 is 2.05 bits per heavy atom. The van der Waals surface area contributed by atoms with E-state index in [0.717, 1.165) is 55.7 Å². The van der Waals surface area contributed by atoms with Gasteiger partial charge in [-0.15, -0.1) is 0 Å². The summed E-state index contributed by atoms with van der Waals surface area (Å²) in [6, 6.07) is 6.20. The van der Waals surface area contributed by atoms with E-state index >= 15 is 0 Å². The molecule has 1 amide bonds. The van der Waals surface area contributed by atoms with Gasteiger partial charge in [-0.2, -0.15) is 0 Å². The van der Waals surface area contributed by atoms with Gasteiger partial charge in [0.2, 0.25) is 5.91 Å². The van der Waals surface area contributed by atoms with Gasteiger partial charge in [-0.1, -0.05) is 25.1 Å². The van der Waals surface area contributed by atoms with E-state index in [1.807, 2.05) is 0 Å². The second kappa shape index (κ2) is 6.16. The van der Waals surface area contributed by atoms with Gasteiger partial charge < -0.3 is 10.6 Å². The molecule has 114 valence electrons. The summed E-state index contributed by atoms with van der Waals surface area (Å²) in [6.45, 7) is 9.03. The van der Waals surface area contributed by atoms with E-state index in [1.165, 1.54) is 5.56 Å². The largest absolute Gasteiger partial charge is 0.324 e. The average molecular weight is 287 g/mol. The second-order valence-electron chi connectivity index (χ2n) is 6.38. The first-order valence-electron chi connectivity index (χ1n) is 7.98. The lowest BCUT2D eigenvalue weighted by atomic mass is 10.0. The smallest absolute Gasteiger partial charge is 0.238 e. The van der Waals surface area contributed by atoms with Crippen LogP contribution in [0.25, 0.3) is 0 Å². The summed E-state index contributed by atoms with van der Waals surface area (Å²) in [7, 11) is 0. The van der Waals surface area contributed by atoms with E-state index in [9.17, 15) is 4.79 Å². The lowest BCUT2D eigenvalue weighted by Crippen LogP contribution is -2.34. The Balaban J connectivity index is 1.60. The molecule has 4 nitrogen and oxygen atoms in total. The molecule has 3 rings (SSSR count). The Morgan fingerprint density at radius 3 is 2.71 bits per heavy atom. The first-order valence-corrected chi connectivity index (χ1v) is 7.98. The zero-order valence-electron chi connectivity index (χ0n) is 13.0. The quantitative estimate of drug-likeness (QED) is 0.885. The zero-order chi connectivity index (χ0) is 14.8. The number of rotatable bonds is 4. The van der Waals surface area contributed by atoms with Crippen LogP contribution >= 0.6 is 0 Å². The topological polar surface area (TPSA) is 44.4 Å². The fourth-order valence-electron chi connectivity index (χ4n) is 3.67. The number of likely N-dealkylation sites (tertiary alicyclic amines) is 1. The zero-order valence-corrected chi connectivity index (χ0v) is 13.0. The molecule has 2 atom stereocenters. The number of fused-ring (bicyclic) bond motifs is 1. The monoisotopic (exact) mass is 287 g/mol. The van der Waals surface area contributed by atoms with Gasteiger partial charge in [-0.3, -0.25) is 9.69 Å². The molecule has 1 aromatic rings. The molecule has 2 aliphatic heterocycles. The molecule has 0 saturated carbocycles. The lowest BCUT2D eigenvalue weighted by Gasteiger charge is -2.18. The third kappa shape index (κ3) is 3.11. The number of nitrogens with one attached hydrogen (secondary N) is 2. The molecule has 4 heteroatoms. The predicted octanol–water partition coefficient (Wildman–Crippen LogP) is 1.65. The van der Waals surface area contributed by atoms with E-state index < -0.39 is 0 Å². The highest BCUT2D eigenvalue weighted by molar-refractivity contribution is 5.93. The van der Waals surface area contributed by atoms with Crippen LogP contribution in [0.3, 0.4) is 0 Å². The summed E-state index contributed by atoms with van der Waals surface area (Å²) in [5.74, 6) is 1.59. The molecule has 0 aliphatic carbocycles. The number of para-hydroxylation sites is 1. The van der Waals surface area contributed by atoms with Crippen molar-refractivity contribution in [2.45, 2.75) is 20.3 Å². The molecule has 0 unspecified atom stereocenters. The third-order valence-corrected chi connectivity index (χ3v) is 4.84. The highest BCUT2D eigenvalue weighted by atomic mass is 16.2. The SMILES string of the molecule is CCc1cccc(C)c1NC(=O)CN1C[C@H]2CNC[C@H]2C1. The number of carbonyl (C=O) groups excluding carboxylic acids is 1. The summed E-state index contributed by atoms with van der Waals surface area (Å²) in [4.78, 5) is 14.6. The summed E-state index contributed by atoms with van der Waals surface area (Å²) in [6.07, 6.45) is 0.941. The molecule has 0 spiro atoms. The molecular weight excluding hydrogens is 262 g/mol. The number of amides is 1. The van der Waals surface area contributed by atoms with Gasteiger partial charge in [0.15, 0.2) is 0 Å². The van der Waals surface area contributed by atoms with Crippen LogP contribution in [0.2, 0.25) is 0 Å². The van der Waals surface area contributed by atoms with Crippen LogP contribution < -0.4 is 10.6 Å². The molecule has 2 fully saturated rings. The van der Waals surface area contributed by atoms with E-state index in [4.69, 9.17) is 0 Å².